The highest BCUT2D eigenvalue weighted by atomic mass is 32.2. The fourth-order valence-corrected chi connectivity index (χ4v) is 3.99. The van der Waals surface area contributed by atoms with Gasteiger partial charge >= 0.3 is 0 Å². The predicted octanol–water partition coefficient (Wildman–Crippen LogP) is 3.24. The van der Waals surface area contributed by atoms with E-state index in [9.17, 15) is 13.2 Å². The van der Waals surface area contributed by atoms with Crippen molar-refractivity contribution in [3.05, 3.63) is 66.1 Å². The summed E-state index contributed by atoms with van der Waals surface area (Å²) >= 11 is 0. The number of sulfone groups is 1. The fraction of sp³-hybridized carbons (Fsp3) is 0.167. The Morgan fingerprint density at radius 2 is 1.65 bits per heavy atom. The molecule has 23 heavy (non-hydrogen) atoms. The Kier molecular flexibility index (Phi) is 4.30. The van der Waals surface area contributed by atoms with E-state index in [1.807, 2.05) is 54.6 Å². The van der Waals surface area contributed by atoms with E-state index in [-0.39, 0.29) is 24.0 Å². The highest BCUT2D eigenvalue weighted by molar-refractivity contribution is 7.94. The summed E-state index contributed by atoms with van der Waals surface area (Å²) in [5, 5.41) is 4.00. The third kappa shape index (κ3) is 4.07. The molecule has 1 atom stereocenters. The number of carbonyl (C=O) groups is 1. The number of allylic oxidation sites excluding steroid dienone is 1. The molecule has 0 bridgehead atoms. The monoisotopic (exact) mass is 327 g/mol. The van der Waals surface area contributed by atoms with Crippen LogP contribution in [0.4, 0.5) is 5.69 Å². The van der Waals surface area contributed by atoms with Crippen LogP contribution in [0.3, 0.4) is 0 Å². The van der Waals surface area contributed by atoms with Gasteiger partial charge in [0.15, 0.2) is 9.84 Å². The maximum absolute atomic E-state index is 12.0. The molecular weight excluding hydrogens is 310 g/mol. The minimum Gasteiger partial charge on any atom is -0.326 e. The molecule has 0 aromatic heterocycles. The maximum atomic E-state index is 12.0. The molecule has 118 valence electrons. The Labute approximate surface area is 135 Å². The van der Waals surface area contributed by atoms with Crippen molar-refractivity contribution in [3.63, 3.8) is 0 Å². The van der Waals surface area contributed by atoms with Crippen molar-refractivity contribution in [1.29, 1.82) is 0 Å². The van der Waals surface area contributed by atoms with E-state index in [0.717, 1.165) is 11.1 Å². The lowest BCUT2D eigenvalue weighted by molar-refractivity contribution is -0.116. The van der Waals surface area contributed by atoms with Crippen molar-refractivity contribution in [3.8, 4) is 11.1 Å². The summed E-state index contributed by atoms with van der Waals surface area (Å²) in [4.78, 5) is 12.0. The number of nitrogens with one attached hydrogen (secondary N) is 1. The Hall–Kier alpha value is -2.40. The summed E-state index contributed by atoms with van der Waals surface area (Å²) in [6.07, 6.45) is 1.77. The zero-order valence-electron chi connectivity index (χ0n) is 12.5. The Morgan fingerprint density at radius 3 is 2.26 bits per heavy atom. The lowest BCUT2D eigenvalue weighted by Crippen LogP contribution is -2.17. The Morgan fingerprint density at radius 1 is 1.00 bits per heavy atom. The van der Waals surface area contributed by atoms with E-state index in [4.69, 9.17) is 0 Å². The normalized spacial score (nSPS) is 18.7. The van der Waals surface area contributed by atoms with Crippen LogP contribution in [0, 0.1) is 5.92 Å². The van der Waals surface area contributed by atoms with Crippen LogP contribution >= 0.6 is 0 Å². The van der Waals surface area contributed by atoms with Gasteiger partial charge in [-0.3, -0.25) is 4.79 Å². The molecule has 4 nitrogen and oxygen atoms in total. The Balaban J connectivity index is 1.60. The van der Waals surface area contributed by atoms with Crippen molar-refractivity contribution in [2.75, 3.05) is 11.1 Å². The number of carbonyl (C=O) groups excluding carboxylic acids is 1. The number of anilines is 1. The lowest BCUT2D eigenvalue weighted by Gasteiger charge is -2.09. The SMILES string of the molecule is O=C(C[C@H]1C=CS(=O)(=O)C1)Nc1ccc(-c2ccccc2)cc1. The van der Waals surface area contributed by atoms with Gasteiger partial charge in [-0.15, -0.1) is 0 Å². The summed E-state index contributed by atoms with van der Waals surface area (Å²) in [6, 6.07) is 17.6. The predicted molar refractivity (Wildman–Crippen MR) is 91.5 cm³/mol. The summed E-state index contributed by atoms with van der Waals surface area (Å²) in [5.74, 6) is -0.388. The molecule has 2 aromatic rings. The van der Waals surface area contributed by atoms with Crippen LogP contribution in [-0.4, -0.2) is 20.1 Å². The average Bonchev–Trinajstić information content (AvgIpc) is 2.87. The van der Waals surface area contributed by atoms with Crippen molar-refractivity contribution in [2.24, 2.45) is 5.92 Å². The molecular formula is C18H17NO3S. The van der Waals surface area contributed by atoms with Gasteiger partial charge in [-0.1, -0.05) is 48.5 Å². The molecule has 3 rings (SSSR count). The molecule has 1 N–H and O–H groups in total. The van der Waals surface area contributed by atoms with Gasteiger partial charge in [0.2, 0.25) is 5.91 Å². The highest BCUT2D eigenvalue weighted by Gasteiger charge is 2.23. The maximum Gasteiger partial charge on any atom is 0.224 e. The summed E-state index contributed by atoms with van der Waals surface area (Å²) in [5.41, 5.74) is 2.90. The van der Waals surface area contributed by atoms with Gasteiger partial charge in [-0.25, -0.2) is 8.42 Å². The minimum absolute atomic E-state index is 0.0212. The summed E-state index contributed by atoms with van der Waals surface area (Å²) in [7, 11) is -3.11. The third-order valence-electron chi connectivity index (χ3n) is 3.73. The second-order valence-electron chi connectivity index (χ2n) is 5.61. The molecule has 0 radical (unpaired) electrons. The highest BCUT2D eigenvalue weighted by Crippen LogP contribution is 2.22. The van der Waals surface area contributed by atoms with Crippen molar-refractivity contribution < 1.29 is 13.2 Å². The van der Waals surface area contributed by atoms with Crippen LogP contribution in [0.15, 0.2) is 66.1 Å². The zero-order valence-corrected chi connectivity index (χ0v) is 13.3. The van der Waals surface area contributed by atoms with E-state index in [1.165, 1.54) is 5.41 Å². The van der Waals surface area contributed by atoms with Gasteiger partial charge in [0.1, 0.15) is 0 Å². The van der Waals surface area contributed by atoms with Crippen molar-refractivity contribution in [2.45, 2.75) is 6.42 Å². The second-order valence-corrected chi connectivity index (χ2v) is 7.55. The second kappa shape index (κ2) is 6.38. The van der Waals surface area contributed by atoms with Crippen LogP contribution in [0.2, 0.25) is 0 Å². The number of rotatable bonds is 4. The number of amides is 1. The average molecular weight is 327 g/mol. The van der Waals surface area contributed by atoms with Crippen LogP contribution in [0.1, 0.15) is 6.42 Å². The van der Waals surface area contributed by atoms with E-state index in [2.05, 4.69) is 5.32 Å². The summed E-state index contributed by atoms with van der Waals surface area (Å²) in [6.45, 7) is 0. The van der Waals surface area contributed by atoms with Gasteiger partial charge in [-0.05, 0) is 23.3 Å². The summed E-state index contributed by atoms with van der Waals surface area (Å²) < 4.78 is 22.7. The molecule has 5 heteroatoms. The van der Waals surface area contributed by atoms with Crippen LogP contribution in [0.5, 0.6) is 0 Å². The van der Waals surface area contributed by atoms with Gasteiger partial charge < -0.3 is 5.32 Å². The van der Waals surface area contributed by atoms with E-state index >= 15 is 0 Å². The standard InChI is InChI=1S/C18H17NO3S/c20-18(12-14-10-11-23(21,22)13-14)19-17-8-6-16(7-9-17)15-4-2-1-3-5-15/h1-11,14H,12-13H2,(H,19,20)/t14-/m1/s1. The van der Waals surface area contributed by atoms with Crippen LogP contribution in [0.25, 0.3) is 11.1 Å². The number of benzene rings is 2. The minimum atomic E-state index is -3.11. The Bertz CT molecular complexity index is 824. The van der Waals surface area contributed by atoms with Gasteiger partial charge in [0.25, 0.3) is 0 Å². The van der Waals surface area contributed by atoms with E-state index in [1.54, 1.807) is 6.08 Å². The molecule has 1 amide bonds. The zero-order chi connectivity index (χ0) is 16.3. The molecule has 2 aromatic carbocycles. The molecule has 0 saturated heterocycles. The first-order chi connectivity index (χ1) is 11.0. The first-order valence-corrected chi connectivity index (χ1v) is 9.10. The first-order valence-electron chi connectivity index (χ1n) is 7.38. The molecule has 1 heterocycles. The van der Waals surface area contributed by atoms with Crippen molar-refractivity contribution in [1.82, 2.24) is 0 Å². The third-order valence-corrected chi connectivity index (χ3v) is 5.19. The topological polar surface area (TPSA) is 63.2 Å². The molecule has 1 aliphatic rings. The van der Waals surface area contributed by atoms with Gasteiger partial charge in [0.05, 0.1) is 5.75 Å². The fourth-order valence-electron chi connectivity index (χ4n) is 2.59. The van der Waals surface area contributed by atoms with Crippen LogP contribution < -0.4 is 5.32 Å². The number of hydrogen-bond acceptors (Lipinski definition) is 3. The number of hydrogen-bond donors (Lipinski definition) is 1. The van der Waals surface area contributed by atoms with E-state index in [0.29, 0.717) is 5.69 Å². The molecule has 0 spiro atoms. The largest absolute Gasteiger partial charge is 0.326 e. The smallest absolute Gasteiger partial charge is 0.224 e. The van der Waals surface area contributed by atoms with Crippen molar-refractivity contribution >= 4 is 21.4 Å². The van der Waals surface area contributed by atoms with Gasteiger partial charge in [-0.2, -0.15) is 0 Å². The van der Waals surface area contributed by atoms with Crippen LogP contribution in [-0.2, 0) is 14.6 Å². The quantitative estimate of drug-likeness (QED) is 0.937. The molecule has 0 unspecified atom stereocenters. The lowest BCUT2D eigenvalue weighted by atomic mass is 10.1. The van der Waals surface area contributed by atoms with E-state index < -0.39 is 9.84 Å². The molecule has 1 aliphatic heterocycles. The molecule has 0 fully saturated rings. The molecule has 0 saturated carbocycles. The molecule has 0 aliphatic carbocycles. The van der Waals surface area contributed by atoms with Gasteiger partial charge in [0, 0.05) is 23.4 Å². The first kappa shape index (κ1) is 15.5.